The van der Waals surface area contributed by atoms with E-state index in [2.05, 4.69) is 0 Å². The van der Waals surface area contributed by atoms with Crippen molar-refractivity contribution in [3.05, 3.63) is 6.17 Å². The number of hydrogen-bond acceptors (Lipinski definition) is 0. The minimum absolute atomic E-state index is 2.72. The molecule has 0 spiro atoms. The quantitative estimate of drug-likeness (QED) is 0.573. The van der Waals surface area contributed by atoms with Crippen LogP contribution < -0.4 is 0 Å². The van der Waals surface area contributed by atoms with E-state index in [0.29, 0.717) is 0 Å². The Morgan fingerprint density at radius 2 is 1.13 bits per heavy atom. The Morgan fingerprint density at radius 3 is 1.53 bits per heavy atom. The molecule has 9 heteroatoms. The molecular formula is C6H2F9. The van der Waals surface area contributed by atoms with E-state index in [1.807, 2.05) is 0 Å². The van der Waals surface area contributed by atoms with Crippen molar-refractivity contribution in [2.24, 2.45) is 0 Å². The van der Waals surface area contributed by atoms with Gasteiger partial charge in [-0.3, -0.25) is 0 Å². The summed E-state index contributed by atoms with van der Waals surface area (Å²) in [7, 11) is 0. The zero-order valence-electron chi connectivity index (χ0n) is 6.61. The zero-order valence-corrected chi connectivity index (χ0v) is 6.61. The van der Waals surface area contributed by atoms with Gasteiger partial charge in [-0.15, -0.1) is 0 Å². The van der Waals surface area contributed by atoms with Gasteiger partial charge in [-0.05, 0) is 0 Å². The Balaban J connectivity index is 3.30. The van der Waals surface area contributed by atoms with Crippen LogP contribution in [0.3, 0.4) is 0 Å². The Kier molecular flexibility index (Phi) is 2.26. The highest BCUT2D eigenvalue weighted by Gasteiger charge is 2.87. The normalized spacial score (nSPS) is 32.6. The predicted octanol–water partition coefficient (Wildman–Crippen LogP) is 3.43. The third-order valence-corrected chi connectivity index (χ3v) is 1.97. The molecule has 0 amide bonds. The van der Waals surface area contributed by atoms with Crippen molar-refractivity contribution in [2.75, 3.05) is 0 Å². The van der Waals surface area contributed by atoms with Crippen LogP contribution in [0.4, 0.5) is 39.5 Å². The summed E-state index contributed by atoms with van der Waals surface area (Å²) in [5.74, 6) is -24.2. The van der Waals surface area contributed by atoms with Gasteiger partial charge in [0.1, 0.15) is 0 Å². The summed E-state index contributed by atoms with van der Waals surface area (Å²) in [4.78, 5) is 0. The molecule has 0 bridgehead atoms. The molecule has 15 heavy (non-hydrogen) atoms. The first-order chi connectivity index (χ1) is 6.38. The largest absolute Gasteiger partial charge is 0.381 e. The van der Waals surface area contributed by atoms with Crippen LogP contribution in [0.25, 0.3) is 0 Å². The van der Waals surface area contributed by atoms with Gasteiger partial charge in [0.05, 0.1) is 6.42 Å². The monoisotopic (exact) mass is 245 g/mol. The van der Waals surface area contributed by atoms with Crippen molar-refractivity contribution >= 4 is 0 Å². The van der Waals surface area contributed by atoms with Crippen LogP contribution in [0.2, 0.25) is 0 Å². The molecule has 0 saturated heterocycles. The molecule has 1 saturated carbocycles. The Bertz CT molecular complexity index is 268. The van der Waals surface area contributed by atoms with Crippen molar-refractivity contribution in [3.63, 3.8) is 0 Å². The Labute approximate surface area is 77.0 Å². The zero-order chi connectivity index (χ0) is 12.3. The minimum Gasteiger partial charge on any atom is -0.233 e. The highest BCUT2D eigenvalue weighted by atomic mass is 19.4. The van der Waals surface area contributed by atoms with Gasteiger partial charge < -0.3 is 0 Å². The standard InChI is InChI=1S/C6H2F9/c7-2-1-3(8,9)5(12,13)6(14,15)4(2,10)11/h1H2. The highest BCUT2D eigenvalue weighted by Crippen LogP contribution is 2.62. The molecule has 0 aromatic heterocycles. The molecule has 1 radical (unpaired) electrons. The number of alkyl halides is 8. The lowest BCUT2D eigenvalue weighted by Gasteiger charge is -2.42. The van der Waals surface area contributed by atoms with Gasteiger partial charge in [-0.2, -0.15) is 35.1 Å². The fraction of sp³-hybridized carbons (Fsp3) is 0.833. The van der Waals surface area contributed by atoms with Crippen molar-refractivity contribution in [1.82, 2.24) is 0 Å². The van der Waals surface area contributed by atoms with E-state index < -0.39 is 36.3 Å². The smallest absolute Gasteiger partial charge is 0.233 e. The molecule has 0 unspecified atom stereocenters. The summed E-state index contributed by atoms with van der Waals surface area (Å²) in [6, 6.07) is 0. The number of halogens is 9. The summed E-state index contributed by atoms with van der Waals surface area (Å²) >= 11 is 0. The van der Waals surface area contributed by atoms with Crippen LogP contribution >= 0.6 is 0 Å². The van der Waals surface area contributed by atoms with Gasteiger partial charge in [0.15, 0.2) is 0 Å². The maximum absolute atomic E-state index is 12.3. The lowest BCUT2D eigenvalue weighted by molar-refractivity contribution is -0.390. The molecule has 0 aromatic rings. The second kappa shape index (κ2) is 2.73. The first kappa shape index (κ1) is 12.4. The summed E-state index contributed by atoms with van der Waals surface area (Å²) < 4.78 is 110. The molecule has 1 fully saturated rings. The third kappa shape index (κ3) is 1.24. The van der Waals surface area contributed by atoms with Crippen LogP contribution in [0.1, 0.15) is 6.42 Å². The van der Waals surface area contributed by atoms with Crippen LogP contribution in [0.5, 0.6) is 0 Å². The fourth-order valence-corrected chi connectivity index (χ4v) is 1.01. The summed E-state index contributed by atoms with van der Waals surface area (Å²) in [6.07, 6.45) is -5.87. The topological polar surface area (TPSA) is 0 Å². The van der Waals surface area contributed by atoms with Crippen LogP contribution in [-0.4, -0.2) is 23.7 Å². The average molecular weight is 245 g/mol. The second-order valence-electron chi connectivity index (χ2n) is 3.01. The van der Waals surface area contributed by atoms with Gasteiger partial charge >= 0.3 is 23.7 Å². The van der Waals surface area contributed by atoms with Crippen LogP contribution in [-0.2, 0) is 0 Å². The average Bonchev–Trinajstić information content (AvgIpc) is 2.00. The Hall–Kier alpha value is -0.630. The van der Waals surface area contributed by atoms with Crippen LogP contribution in [0, 0.1) is 6.17 Å². The number of hydrogen-bond donors (Lipinski definition) is 0. The van der Waals surface area contributed by atoms with Gasteiger partial charge in [-0.25, -0.2) is 4.39 Å². The third-order valence-electron chi connectivity index (χ3n) is 1.97. The SMILES string of the molecule is F[C]1CC(F)(F)C(F)(F)C(F)(F)C1(F)F. The van der Waals surface area contributed by atoms with Crippen molar-refractivity contribution < 1.29 is 39.5 Å². The van der Waals surface area contributed by atoms with Crippen molar-refractivity contribution in [1.29, 1.82) is 0 Å². The van der Waals surface area contributed by atoms with E-state index in [1.54, 1.807) is 0 Å². The van der Waals surface area contributed by atoms with E-state index >= 15 is 0 Å². The van der Waals surface area contributed by atoms with Gasteiger partial charge in [-0.1, -0.05) is 0 Å². The molecule has 1 rings (SSSR count). The maximum Gasteiger partial charge on any atom is 0.381 e. The molecule has 1 aliphatic rings. The molecule has 0 atom stereocenters. The lowest BCUT2D eigenvalue weighted by Crippen LogP contribution is -2.68. The molecule has 0 heterocycles. The molecule has 0 N–H and O–H groups in total. The molecule has 1 aliphatic carbocycles. The van der Waals surface area contributed by atoms with Crippen LogP contribution in [0.15, 0.2) is 0 Å². The first-order valence-corrected chi connectivity index (χ1v) is 3.41. The van der Waals surface area contributed by atoms with Gasteiger partial charge in [0.25, 0.3) is 0 Å². The Morgan fingerprint density at radius 1 is 0.733 bits per heavy atom. The summed E-state index contributed by atoms with van der Waals surface area (Å²) in [5.41, 5.74) is 0. The maximum atomic E-state index is 12.3. The molecule has 89 valence electrons. The molecular weight excluding hydrogens is 243 g/mol. The molecule has 0 nitrogen and oxygen atoms in total. The molecule has 0 aliphatic heterocycles. The van der Waals surface area contributed by atoms with E-state index in [9.17, 15) is 39.5 Å². The van der Waals surface area contributed by atoms with Gasteiger partial charge in [0, 0.05) is 0 Å². The van der Waals surface area contributed by atoms with E-state index in [0.717, 1.165) is 0 Å². The van der Waals surface area contributed by atoms with Crippen molar-refractivity contribution in [3.8, 4) is 0 Å². The fourth-order valence-electron chi connectivity index (χ4n) is 1.01. The van der Waals surface area contributed by atoms with Crippen molar-refractivity contribution in [2.45, 2.75) is 30.1 Å². The predicted molar refractivity (Wildman–Crippen MR) is 28.8 cm³/mol. The number of rotatable bonds is 0. The first-order valence-electron chi connectivity index (χ1n) is 3.41. The summed E-state index contributed by atoms with van der Waals surface area (Å²) in [5, 5.41) is 0. The van der Waals surface area contributed by atoms with E-state index in [1.165, 1.54) is 0 Å². The summed E-state index contributed by atoms with van der Waals surface area (Å²) in [6.45, 7) is 0. The van der Waals surface area contributed by atoms with E-state index in [-0.39, 0.29) is 0 Å². The highest BCUT2D eigenvalue weighted by molar-refractivity contribution is 5.19. The van der Waals surface area contributed by atoms with E-state index in [4.69, 9.17) is 0 Å². The minimum atomic E-state index is -6.45. The second-order valence-corrected chi connectivity index (χ2v) is 3.01. The molecule has 0 aromatic carbocycles. The lowest BCUT2D eigenvalue weighted by atomic mass is 9.84. The van der Waals surface area contributed by atoms with Gasteiger partial charge in [0.2, 0.25) is 6.17 Å².